The molecule has 5 rings (SSSR count). The van der Waals surface area contributed by atoms with Crippen molar-refractivity contribution in [3.8, 4) is 0 Å². The average molecular weight is 423 g/mol. The Bertz CT molecular complexity index is 1020. The van der Waals surface area contributed by atoms with Gasteiger partial charge in [-0.25, -0.2) is 14.6 Å². The molecule has 0 atom stereocenters. The summed E-state index contributed by atoms with van der Waals surface area (Å²) in [4.78, 5) is 18.5. The maximum Gasteiger partial charge on any atom is 0.230 e. The number of nitrogens with one attached hydrogen (secondary N) is 1. The Morgan fingerprint density at radius 1 is 0.968 bits per heavy atom. The van der Waals surface area contributed by atoms with E-state index in [-0.39, 0.29) is 6.61 Å². The van der Waals surface area contributed by atoms with Crippen LogP contribution in [0.3, 0.4) is 0 Å². The number of aliphatic hydroxyl groups excluding tert-OH is 1. The Morgan fingerprint density at radius 3 is 2.48 bits per heavy atom. The summed E-state index contributed by atoms with van der Waals surface area (Å²) in [5.41, 5.74) is 2.80. The van der Waals surface area contributed by atoms with Crippen LogP contribution in [0, 0.1) is 0 Å². The third-order valence-corrected chi connectivity index (χ3v) is 6.22. The second-order valence-corrected chi connectivity index (χ2v) is 8.41. The lowest BCUT2D eigenvalue weighted by atomic mass is 10.2. The van der Waals surface area contributed by atoms with Crippen LogP contribution in [0.5, 0.6) is 0 Å². The van der Waals surface area contributed by atoms with Crippen LogP contribution in [0.25, 0.3) is 11.0 Å². The minimum Gasteiger partial charge on any atom is -0.390 e. The maximum absolute atomic E-state index is 9.87. The summed E-state index contributed by atoms with van der Waals surface area (Å²) >= 11 is 0. The molecule has 9 heteroatoms. The molecule has 2 aliphatic heterocycles. The number of fused-ring (bicyclic) bond motifs is 1. The van der Waals surface area contributed by atoms with Gasteiger partial charge in [0.05, 0.1) is 24.2 Å². The summed E-state index contributed by atoms with van der Waals surface area (Å²) < 4.78 is 2.06. The predicted molar refractivity (Wildman–Crippen MR) is 122 cm³/mol. The minimum atomic E-state index is -0.0229. The van der Waals surface area contributed by atoms with Gasteiger partial charge >= 0.3 is 0 Å². The molecule has 31 heavy (non-hydrogen) atoms. The van der Waals surface area contributed by atoms with Crippen molar-refractivity contribution in [1.82, 2.24) is 24.5 Å². The highest BCUT2D eigenvalue weighted by atomic mass is 16.3. The van der Waals surface area contributed by atoms with Crippen molar-refractivity contribution in [2.75, 3.05) is 61.5 Å². The molecule has 2 aliphatic rings. The van der Waals surface area contributed by atoms with E-state index in [1.807, 2.05) is 24.5 Å². The quantitative estimate of drug-likeness (QED) is 0.645. The fourth-order valence-electron chi connectivity index (χ4n) is 4.42. The number of pyridine rings is 1. The van der Waals surface area contributed by atoms with Crippen LogP contribution in [-0.2, 0) is 6.61 Å². The smallest absolute Gasteiger partial charge is 0.230 e. The van der Waals surface area contributed by atoms with Gasteiger partial charge in [0, 0.05) is 50.9 Å². The highest BCUT2D eigenvalue weighted by Gasteiger charge is 2.19. The Morgan fingerprint density at radius 2 is 1.77 bits per heavy atom. The molecule has 2 saturated heterocycles. The van der Waals surface area contributed by atoms with Gasteiger partial charge < -0.3 is 25.2 Å². The molecule has 2 N–H and O–H groups in total. The molecule has 0 amide bonds. The third-order valence-electron chi connectivity index (χ3n) is 6.22. The molecular weight excluding hydrogens is 392 g/mol. The first-order valence-corrected chi connectivity index (χ1v) is 11.1. The first kappa shape index (κ1) is 20.0. The van der Waals surface area contributed by atoms with Crippen molar-refractivity contribution in [2.45, 2.75) is 25.9 Å². The number of rotatable bonds is 5. The monoisotopic (exact) mass is 422 g/mol. The van der Waals surface area contributed by atoms with Gasteiger partial charge in [-0.3, -0.25) is 0 Å². The van der Waals surface area contributed by atoms with Crippen molar-refractivity contribution >= 4 is 28.5 Å². The summed E-state index contributed by atoms with van der Waals surface area (Å²) in [5.74, 6) is 1.23. The highest BCUT2D eigenvalue weighted by molar-refractivity contribution is 5.78. The van der Waals surface area contributed by atoms with E-state index < -0.39 is 0 Å². The fraction of sp³-hybridized carbons (Fsp3) is 0.500. The molecule has 0 unspecified atom stereocenters. The van der Waals surface area contributed by atoms with Gasteiger partial charge in [0.2, 0.25) is 5.95 Å². The van der Waals surface area contributed by atoms with E-state index in [4.69, 9.17) is 4.98 Å². The van der Waals surface area contributed by atoms with Gasteiger partial charge in [-0.2, -0.15) is 4.98 Å². The second-order valence-electron chi connectivity index (χ2n) is 8.41. The lowest BCUT2D eigenvalue weighted by molar-refractivity contribution is 0.268. The Labute approximate surface area is 182 Å². The number of hydrogen-bond acceptors (Lipinski definition) is 8. The molecule has 2 fully saturated rings. The normalized spacial score (nSPS) is 18.0. The van der Waals surface area contributed by atoms with E-state index in [0.29, 0.717) is 5.95 Å². The largest absolute Gasteiger partial charge is 0.390 e. The van der Waals surface area contributed by atoms with Gasteiger partial charge in [-0.05, 0) is 44.5 Å². The Balaban J connectivity index is 1.36. The third kappa shape index (κ3) is 4.15. The van der Waals surface area contributed by atoms with Crippen LogP contribution in [0.2, 0.25) is 0 Å². The first-order chi connectivity index (χ1) is 15.2. The Hall–Kier alpha value is -2.91. The zero-order valence-electron chi connectivity index (χ0n) is 18.0. The minimum absolute atomic E-state index is 0.0229. The van der Waals surface area contributed by atoms with Crippen LogP contribution >= 0.6 is 0 Å². The summed E-state index contributed by atoms with van der Waals surface area (Å²) in [7, 11) is 2.16. The van der Waals surface area contributed by atoms with Crippen molar-refractivity contribution < 1.29 is 5.11 Å². The fourth-order valence-corrected chi connectivity index (χ4v) is 4.42. The van der Waals surface area contributed by atoms with Gasteiger partial charge in [-0.15, -0.1) is 0 Å². The van der Waals surface area contributed by atoms with Crippen LogP contribution in [0.1, 0.15) is 25.0 Å². The number of piperazine rings is 1. The zero-order chi connectivity index (χ0) is 21.2. The molecule has 5 heterocycles. The maximum atomic E-state index is 9.87. The number of anilines is 3. The van der Waals surface area contributed by atoms with Gasteiger partial charge in [0.25, 0.3) is 0 Å². The average Bonchev–Trinajstić information content (AvgIpc) is 3.19. The van der Waals surface area contributed by atoms with Crippen LogP contribution in [0.4, 0.5) is 17.5 Å². The Kier molecular flexibility index (Phi) is 5.61. The van der Waals surface area contributed by atoms with E-state index in [0.717, 1.165) is 80.3 Å². The summed E-state index contributed by atoms with van der Waals surface area (Å²) in [6, 6.07) is 6.04. The summed E-state index contributed by atoms with van der Waals surface area (Å²) in [6.45, 7) is 6.10. The molecule has 0 aromatic carbocycles. The van der Waals surface area contributed by atoms with E-state index in [2.05, 4.69) is 47.9 Å². The number of piperidine rings is 1. The molecule has 3 aromatic rings. The van der Waals surface area contributed by atoms with Crippen molar-refractivity contribution in [1.29, 1.82) is 0 Å². The molecule has 0 spiro atoms. The SMILES string of the molecule is CN1CCN(c2ccc(Nc3ncc4cc(CO)n(N5CCCCC5)c4n3)nc2)CC1. The topological polar surface area (TPSA) is 85.6 Å². The highest BCUT2D eigenvalue weighted by Crippen LogP contribution is 2.23. The second kappa shape index (κ2) is 8.68. The van der Waals surface area contributed by atoms with Gasteiger partial charge in [0.1, 0.15) is 5.82 Å². The van der Waals surface area contributed by atoms with E-state index >= 15 is 0 Å². The number of hydrogen-bond donors (Lipinski definition) is 2. The van der Waals surface area contributed by atoms with E-state index in [9.17, 15) is 5.11 Å². The number of aliphatic hydroxyl groups is 1. The van der Waals surface area contributed by atoms with Crippen LogP contribution in [0.15, 0.2) is 30.6 Å². The molecule has 0 bridgehead atoms. The molecule has 0 radical (unpaired) electrons. The zero-order valence-corrected chi connectivity index (χ0v) is 18.0. The standard InChI is InChI=1S/C22H30N8O/c1-27-9-11-28(12-10-27)18-5-6-20(23-15-18)25-22-24-14-17-13-19(16-31)30(21(17)26-22)29-7-3-2-4-8-29/h5-6,13-15,31H,2-4,7-12,16H2,1H3,(H,23,24,25,26). The molecular formula is C22H30N8O. The van der Waals surface area contributed by atoms with Crippen LogP contribution in [-0.4, -0.2) is 76.0 Å². The predicted octanol–water partition coefficient (Wildman–Crippen LogP) is 1.94. The number of aromatic nitrogens is 4. The van der Waals surface area contributed by atoms with Crippen molar-refractivity contribution in [3.63, 3.8) is 0 Å². The van der Waals surface area contributed by atoms with Crippen molar-refractivity contribution in [3.05, 3.63) is 36.3 Å². The molecule has 0 aliphatic carbocycles. The number of nitrogens with zero attached hydrogens (tertiary/aromatic N) is 7. The lowest BCUT2D eigenvalue weighted by Gasteiger charge is -2.33. The van der Waals surface area contributed by atoms with Gasteiger partial charge in [-0.1, -0.05) is 0 Å². The number of likely N-dealkylation sites (N-methyl/N-ethyl adjacent to an activating group) is 1. The molecule has 164 valence electrons. The summed E-state index contributed by atoms with van der Waals surface area (Å²) in [5, 5.41) is 16.3. The van der Waals surface area contributed by atoms with E-state index in [1.54, 1.807) is 0 Å². The van der Waals surface area contributed by atoms with Crippen LogP contribution < -0.4 is 15.2 Å². The first-order valence-electron chi connectivity index (χ1n) is 11.1. The summed E-state index contributed by atoms with van der Waals surface area (Å²) in [6.07, 6.45) is 7.28. The van der Waals surface area contributed by atoms with E-state index in [1.165, 1.54) is 6.42 Å². The molecule has 0 saturated carbocycles. The molecule has 9 nitrogen and oxygen atoms in total. The van der Waals surface area contributed by atoms with Gasteiger partial charge in [0.15, 0.2) is 5.65 Å². The van der Waals surface area contributed by atoms with Crippen molar-refractivity contribution in [2.24, 2.45) is 0 Å². The molecule has 3 aromatic heterocycles. The lowest BCUT2D eigenvalue weighted by Crippen LogP contribution is -2.44.